The molecule has 1 saturated carbocycles. The number of likely N-dealkylation sites (tertiary alicyclic amines) is 1. The number of urea groups is 1. The van der Waals surface area contributed by atoms with Gasteiger partial charge >= 0.3 is 6.03 Å². The number of methoxy groups -OCH3 is 1. The first-order chi connectivity index (χ1) is 16.1. The monoisotopic (exact) mass is 459 g/mol. The molecular formula is C27H45N3O3. The van der Waals surface area contributed by atoms with Crippen molar-refractivity contribution in [1.29, 1.82) is 0 Å². The third-order valence-electron chi connectivity index (χ3n) is 7.68. The van der Waals surface area contributed by atoms with E-state index in [4.69, 9.17) is 4.74 Å². The molecular weight excluding hydrogens is 414 g/mol. The van der Waals surface area contributed by atoms with Crippen molar-refractivity contribution < 1.29 is 14.6 Å². The number of ether oxygens (including phenoxy) is 1. The molecule has 186 valence electrons. The van der Waals surface area contributed by atoms with E-state index in [-0.39, 0.29) is 18.0 Å². The van der Waals surface area contributed by atoms with Crippen LogP contribution in [0, 0.1) is 11.8 Å². The van der Waals surface area contributed by atoms with E-state index in [1.807, 2.05) is 42.3 Å². The number of amides is 2. The van der Waals surface area contributed by atoms with Crippen LogP contribution in [0.2, 0.25) is 0 Å². The summed E-state index contributed by atoms with van der Waals surface area (Å²) in [5, 5.41) is 18.5. The highest BCUT2D eigenvalue weighted by Crippen LogP contribution is 2.39. The van der Waals surface area contributed by atoms with E-state index in [0.717, 1.165) is 50.3 Å². The summed E-state index contributed by atoms with van der Waals surface area (Å²) >= 11 is 0. The van der Waals surface area contributed by atoms with Crippen molar-refractivity contribution in [3.8, 4) is 0 Å². The van der Waals surface area contributed by atoms with Crippen LogP contribution in [0.3, 0.4) is 0 Å². The van der Waals surface area contributed by atoms with Crippen LogP contribution in [0.5, 0.6) is 0 Å². The van der Waals surface area contributed by atoms with Gasteiger partial charge in [-0.05, 0) is 50.6 Å². The summed E-state index contributed by atoms with van der Waals surface area (Å²) in [6.07, 6.45) is 10.9. The number of carbonyl (C=O) groups excluding carboxylic acids is 1. The maximum atomic E-state index is 13.3. The van der Waals surface area contributed by atoms with Gasteiger partial charge in [0.25, 0.3) is 0 Å². The molecule has 0 aromatic heterocycles. The average molecular weight is 460 g/mol. The predicted molar refractivity (Wildman–Crippen MR) is 133 cm³/mol. The van der Waals surface area contributed by atoms with Crippen LogP contribution >= 0.6 is 0 Å². The van der Waals surface area contributed by atoms with Crippen LogP contribution in [0.15, 0.2) is 30.3 Å². The van der Waals surface area contributed by atoms with Gasteiger partial charge in [0, 0.05) is 45.3 Å². The van der Waals surface area contributed by atoms with E-state index in [9.17, 15) is 9.90 Å². The molecule has 1 aromatic carbocycles. The van der Waals surface area contributed by atoms with Crippen molar-refractivity contribution in [2.75, 3.05) is 40.4 Å². The Labute approximate surface area is 200 Å². The third-order valence-corrected chi connectivity index (χ3v) is 7.68. The zero-order valence-corrected chi connectivity index (χ0v) is 20.7. The standard InChI is InChI=1S/C27H45N3O3/c1-28-20-25(19-22-11-5-3-6-12-22)29-26(31)30-17-9-15-24(21-30)27(32,16-10-18-33-2)23-13-7-4-8-14-23/h4,7-8,13-14,22,24-25,28,32H,3,5-6,9-12,15-21H2,1-2H3,(H,29,31)/t24-,25+,27-/m1/s1. The number of rotatable bonds is 11. The molecule has 6 nitrogen and oxygen atoms in total. The van der Waals surface area contributed by atoms with Crippen molar-refractivity contribution in [1.82, 2.24) is 15.5 Å². The first kappa shape index (κ1) is 26.0. The largest absolute Gasteiger partial charge is 0.385 e. The zero-order valence-electron chi connectivity index (χ0n) is 20.7. The lowest BCUT2D eigenvalue weighted by molar-refractivity contribution is -0.0584. The average Bonchev–Trinajstić information content (AvgIpc) is 2.85. The van der Waals surface area contributed by atoms with Crippen LogP contribution in [0.1, 0.15) is 69.8 Å². The molecule has 3 atom stereocenters. The molecule has 0 bridgehead atoms. The summed E-state index contributed by atoms with van der Waals surface area (Å²) in [5.41, 5.74) is -0.00990. The van der Waals surface area contributed by atoms with Crippen molar-refractivity contribution in [2.45, 2.75) is 75.9 Å². The Morgan fingerprint density at radius 2 is 1.94 bits per heavy atom. The van der Waals surface area contributed by atoms with E-state index in [0.29, 0.717) is 19.6 Å². The minimum atomic E-state index is -0.953. The summed E-state index contributed by atoms with van der Waals surface area (Å²) in [4.78, 5) is 15.2. The van der Waals surface area contributed by atoms with Gasteiger partial charge in [0.2, 0.25) is 0 Å². The lowest BCUT2D eigenvalue weighted by atomic mass is 9.74. The first-order valence-corrected chi connectivity index (χ1v) is 13.0. The number of nitrogens with one attached hydrogen (secondary N) is 2. The Balaban J connectivity index is 1.65. The summed E-state index contributed by atoms with van der Waals surface area (Å²) in [5.74, 6) is 0.729. The number of benzene rings is 1. The SMILES string of the molecule is CNC[C@H](CC1CCCCC1)NC(=O)N1CCC[C@@H]([C@@](O)(CCCOC)c2ccccc2)C1. The molecule has 1 heterocycles. The summed E-state index contributed by atoms with van der Waals surface area (Å²) in [7, 11) is 3.65. The van der Waals surface area contributed by atoms with Crippen LogP contribution in [0.4, 0.5) is 4.79 Å². The Bertz CT molecular complexity index is 695. The molecule has 3 N–H and O–H groups in total. The smallest absolute Gasteiger partial charge is 0.317 e. The maximum Gasteiger partial charge on any atom is 0.317 e. The third kappa shape index (κ3) is 7.43. The number of likely N-dealkylation sites (N-methyl/N-ethyl adjacent to an activating group) is 1. The predicted octanol–water partition coefficient (Wildman–Crippen LogP) is 4.28. The molecule has 0 spiro atoms. The van der Waals surface area contributed by atoms with Gasteiger partial charge in [-0.15, -0.1) is 0 Å². The second-order valence-electron chi connectivity index (χ2n) is 10.1. The summed E-state index contributed by atoms with van der Waals surface area (Å²) < 4.78 is 5.26. The number of carbonyl (C=O) groups is 1. The van der Waals surface area contributed by atoms with Crippen molar-refractivity contribution in [3.63, 3.8) is 0 Å². The van der Waals surface area contributed by atoms with Crippen LogP contribution < -0.4 is 10.6 Å². The first-order valence-electron chi connectivity index (χ1n) is 13.0. The summed E-state index contributed by atoms with van der Waals surface area (Å²) in [6, 6.07) is 10.1. The van der Waals surface area contributed by atoms with Crippen LogP contribution in [-0.4, -0.2) is 62.5 Å². The number of piperidine rings is 1. The van der Waals surface area contributed by atoms with E-state index < -0.39 is 5.60 Å². The molecule has 2 fully saturated rings. The van der Waals surface area contributed by atoms with Gasteiger partial charge < -0.3 is 25.4 Å². The van der Waals surface area contributed by atoms with Crippen molar-refractivity contribution in [3.05, 3.63) is 35.9 Å². The number of aliphatic hydroxyl groups is 1. The fourth-order valence-electron chi connectivity index (χ4n) is 5.88. The molecule has 1 saturated heterocycles. The Kier molecular flexibility index (Phi) is 10.5. The minimum absolute atomic E-state index is 0.0114. The van der Waals surface area contributed by atoms with Gasteiger partial charge in [0.15, 0.2) is 0 Å². The molecule has 2 aliphatic rings. The molecule has 1 aromatic rings. The number of nitrogens with zero attached hydrogens (tertiary/aromatic N) is 1. The van der Waals surface area contributed by atoms with Gasteiger partial charge in [-0.2, -0.15) is 0 Å². The highest BCUT2D eigenvalue weighted by molar-refractivity contribution is 5.74. The van der Waals surface area contributed by atoms with E-state index in [2.05, 4.69) is 10.6 Å². The molecule has 33 heavy (non-hydrogen) atoms. The zero-order chi connectivity index (χ0) is 23.5. The molecule has 1 aliphatic carbocycles. The lowest BCUT2D eigenvalue weighted by Crippen LogP contribution is -2.54. The second-order valence-corrected chi connectivity index (χ2v) is 10.1. The van der Waals surface area contributed by atoms with Gasteiger partial charge in [-0.25, -0.2) is 4.79 Å². The minimum Gasteiger partial charge on any atom is -0.385 e. The van der Waals surface area contributed by atoms with Gasteiger partial charge in [-0.3, -0.25) is 0 Å². The fourth-order valence-corrected chi connectivity index (χ4v) is 5.88. The van der Waals surface area contributed by atoms with Gasteiger partial charge in [-0.1, -0.05) is 62.4 Å². The highest BCUT2D eigenvalue weighted by atomic mass is 16.5. The Morgan fingerprint density at radius 3 is 2.64 bits per heavy atom. The molecule has 2 amide bonds. The topological polar surface area (TPSA) is 73.8 Å². The quantitative estimate of drug-likeness (QED) is 0.432. The Hall–Kier alpha value is -1.63. The van der Waals surface area contributed by atoms with Crippen LogP contribution in [0.25, 0.3) is 0 Å². The molecule has 6 heteroatoms. The van der Waals surface area contributed by atoms with Crippen LogP contribution in [-0.2, 0) is 10.3 Å². The lowest BCUT2D eigenvalue weighted by Gasteiger charge is -2.43. The molecule has 0 unspecified atom stereocenters. The van der Waals surface area contributed by atoms with Gasteiger partial charge in [0.05, 0.1) is 5.60 Å². The van der Waals surface area contributed by atoms with E-state index in [1.54, 1.807) is 7.11 Å². The fraction of sp³-hybridized carbons (Fsp3) is 0.741. The highest BCUT2D eigenvalue weighted by Gasteiger charge is 2.41. The van der Waals surface area contributed by atoms with Crippen molar-refractivity contribution >= 4 is 6.03 Å². The van der Waals surface area contributed by atoms with E-state index >= 15 is 0 Å². The molecule has 1 aliphatic heterocycles. The maximum absolute atomic E-state index is 13.3. The Morgan fingerprint density at radius 1 is 1.18 bits per heavy atom. The molecule has 0 radical (unpaired) electrons. The normalized spacial score (nSPS) is 22.5. The van der Waals surface area contributed by atoms with E-state index in [1.165, 1.54) is 32.1 Å². The van der Waals surface area contributed by atoms with Crippen molar-refractivity contribution in [2.24, 2.45) is 11.8 Å². The van der Waals surface area contributed by atoms with Gasteiger partial charge in [0.1, 0.15) is 0 Å². The molecule has 3 rings (SSSR count). The summed E-state index contributed by atoms with van der Waals surface area (Å²) in [6.45, 7) is 2.75. The number of hydrogen-bond donors (Lipinski definition) is 3. The number of hydrogen-bond acceptors (Lipinski definition) is 4. The second kappa shape index (κ2) is 13.3.